The topological polar surface area (TPSA) is 75.7 Å². The van der Waals surface area contributed by atoms with Crippen LogP contribution in [0.4, 0.5) is 18.9 Å². The van der Waals surface area contributed by atoms with Crippen LogP contribution in [-0.2, 0) is 4.79 Å². The van der Waals surface area contributed by atoms with Crippen molar-refractivity contribution in [2.75, 3.05) is 11.9 Å². The maximum atomic E-state index is 12.2. The molecule has 0 saturated carbocycles. The summed E-state index contributed by atoms with van der Waals surface area (Å²) in [6.07, 6.45) is -4.94. The number of anilines is 1. The molecule has 0 spiro atoms. The minimum atomic E-state index is -4.79. The van der Waals surface area contributed by atoms with Crippen molar-refractivity contribution in [3.63, 3.8) is 0 Å². The molecule has 140 valence electrons. The summed E-state index contributed by atoms with van der Waals surface area (Å²) in [5, 5.41) is 2.48. The van der Waals surface area contributed by atoms with Crippen LogP contribution in [0.25, 0.3) is 0 Å². The first-order valence-electron chi connectivity index (χ1n) is 7.85. The van der Waals surface area contributed by atoms with Crippen molar-refractivity contribution in [3.8, 4) is 5.75 Å². The zero-order valence-corrected chi connectivity index (χ0v) is 13.7. The van der Waals surface area contributed by atoms with Gasteiger partial charge in [0.2, 0.25) is 5.91 Å². The zero-order valence-electron chi connectivity index (χ0n) is 13.7. The van der Waals surface area contributed by atoms with Gasteiger partial charge in [0.25, 0.3) is 11.8 Å². The van der Waals surface area contributed by atoms with Crippen molar-refractivity contribution in [2.45, 2.75) is 12.8 Å². The minimum Gasteiger partial charge on any atom is -0.406 e. The van der Waals surface area contributed by atoms with E-state index in [4.69, 9.17) is 0 Å². The number of alkyl halides is 3. The molecule has 0 saturated heterocycles. The largest absolute Gasteiger partial charge is 0.573 e. The molecule has 2 aromatic rings. The lowest BCUT2D eigenvalue weighted by Crippen LogP contribution is -2.32. The standard InChI is InChI=1S/C18H13F3N2O4/c19-18(20,21)27-12-7-5-11(6-8-12)22-15(24)9-10-23-16(25)13-3-1-2-4-14(13)17(23)26/h1-8H,9-10H2,(H,22,24). The van der Waals surface area contributed by atoms with Crippen LogP contribution in [0.5, 0.6) is 5.75 Å². The number of nitrogens with zero attached hydrogens (tertiary/aromatic N) is 1. The number of amides is 3. The molecule has 6 nitrogen and oxygen atoms in total. The lowest BCUT2D eigenvalue weighted by Gasteiger charge is -2.14. The van der Waals surface area contributed by atoms with Crippen LogP contribution < -0.4 is 10.1 Å². The van der Waals surface area contributed by atoms with Crippen LogP contribution in [-0.4, -0.2) is 35.5 Å². The van der Waals surface area contributed by atoms with Crippen molar-refractivity contribution >= 4 is 23.4 Å². The summed E-state index contributed by atoms with van der Waals surface area (Å²) in [6, 6.07) is 11.0. The molecule has 0 unspecified atom stereocenters. The normalized spacial score (nSPS) is 13.5. The van der Waals surface area contributed by atoms with E-state index in [0.29, 0.717) is 11.1 Å². The third-order valence-corrected chi connectivity index (χ3v) is 3.81. The van der Waals surface area contributed by atoms with E-state index in [1.54, 1.807) is 24.3 Å². The van der Waals surface area contributed by atoms with E-state index < -0.39 is 29.8 Å². The van der Waals surface area contributed by atoms with Crippen LogP contribution in [0.15, 0.2) is 48.5 Å². The highest BCUT2D eigenvalue weighted by Crippen LogP contribution is 2.24. The Hall–Kier alpha value is -3.36. The third-order valence-electron chi connectivity index (χ3n) is 3.81. The molecule has 9 heteroatoms. The first-order valence-corrected chi connectivity index (χ1v) is 7.85. The van der Waals surface area contributed by atoms with Crippen LogP contribution in [0, 0.1) is 0 Å². The zero-order chi connectivity index (χ0) is 19.6. The lowest BCUT2D eigenvalue weighted by atomic mass is 10.1. The van der Waals surface area contributed by atoms with E-state index in [2.05, 4.69) is 10.1 Å². The van der Waals surface area contributed by atoms with E-state index in [1.807, 2.05) is 0 Å². The minimum absolute atomic E-state index is 0.104. The average molecular weight is 378 g/mol. The molecule has 3 rings (SSSR count). The highest BCUT2D eigenvalue weighted by atomic mass is 19.4. The third kappa shape index (κ3) is 4.25. The van der Waals surface area contributed by atoms with Crippen molar-refractivity contribution in [2.24, 2.45) is 0 Å². The summed E-state index contributed by atoms with van der Waals surface area (Å²) in [7, 11) is 0. The van der Waals surface area contributed by atoms with Gasteiger partial charge in [0.15, 0.2) is 0 Å². The van der Waals surface area contributed by atoms with Gasteiger partial charge < -0.3 is 10.1 Å². The van der Waals surface area contributed by atoms with Gasteiger partial charge >= 0.3 is 6.36 Å². The fourth-order valence-electron chi connectivity index (χ4n) is 2.62. The Labute approximate surface area is 151 Å². The number of hydrogen-bond donors (Lipinski definition) is 1. The number of imide groups is 1. The van der Waals surface area contributed by atoms with Gasteiger partial charge in [-0.05, 0) is 36.4 Å². The summed E-state index contributed by atoms with van der Waals surface area (Å²) < 4.78 is 40.1. The van der Waals surface area contributed by atoms with Gasteiger partial charge in [-0.2, -0.15) is 0 Å². The molecule has 1 aliphatic rings. The van der Waals surface area contributed by atoms with Crippen molar-refractivity contribution in [3.05, 3.63) is 59.7 Å². The maximum absolute atomic E-state index is 12.2. The highest BCUT2D eigenvalue weighted by molar-refractivity contribution is 6.21. The van der Waals surface area contributed by atoms with E-state index in [9.17, 15) is 27.6 Å². The molecule has 0 aromatic heterocycles. The summed E-state index contributed by atoms with van der Waals surface area (Å²) in [4.78, 5) is 37.4. The second kappa shape index (κ2) is 7.10. The maximum Gasteiger partial charge on any atom is 0.573 e. The van der Waals surface area contributed by atoms with Gasteiger partial charge in [0.1, 0.15) is 5.75 Å². The van der Waals surface area contributed by atoms with Crippen LogP contribution >= 0.6 is 0 Å². The van der Waals surface area contributed by atoms with E-state index in [-0.39, 0.29) is 18.7 Å². The Morgan fingerprint density at radius 3 is 2.04 bits per heavy atom. The van der Waals surface area contributed by atoms with E-state index >= 15 is 0 Å². The van der Waals surface area contributed by atoms with Gasteiger partial charge in [0, 0.05) is 18.7 Å². The van der Waals surface area contributed by atoms with Crippen molar-refractivity contribution in [1.29, 1.82) is 0 Å². The molecule has 3 amide bonds. The van der Waals surface area contributed by atoms with E-state index in [1.165, 1.54) is 12.1 Å². The first-order chi connectivity index (χ1) is 12.7. The molecule has 2 aromatic carbocycles. The summed E-state index contributed by atoms with van der Waals surface area (Å²) >= 11 is 0. The molecule has 1 N–H and O–H groups in total. The van der Waals surface area contributed by atoms with Gasteiger partial charge in [-0.25, -0.2) is 0 Å². The molecule has 0 atom stereocenters. The molecule has 27 heavy (non-hydrogen) atoms. The number of carbonyl (C=O) groups excluding carboxylic acids is 3. The molecule has 1 heterocycles. The smallest absolute Gasteiger partial charge is 0.406 e. The van der Waals surface area contributed by atoms with Crippen LogP contribution in [0.2, 0.25) is 0 Å². The Kier molecular flexibility index (Phi) is 4.85. The molecular weight excluding hydrogens is 365 g/mol. The number of nitrogens with one attached hydrogen (secondary N) is 1. The number of halogens is 3. The Bertz CT molecular complexity index is 859. The predicted molar refractivity (Wildman–Crippen MR) is 88.2 cm³/mol. The molecule has 0 aliphatic carbocycles. The number of benzene rings is 2. The SMILES string of the molecule is O=C(CCN1C(=O)c2ccccc2C1=O)Nc1ccc(OC(F)(F)F)cc1. The monoisotopic (exact) mass is 378 g/mol. The predicted octanol–water partition coefficient (Wildman–Crippen LogP) is 3.21. The van der Waals surface area contributed by atoms with Crippen molar-refractivity contribution in [1.82, 2.24) is 4.90 Å². The molecule has 0 fully saturated rings. The summed E-state index contributed by atoms with van der Waals surface area (Å²) in [6.45, 7) is -0.104. The second-order valence-corrected chi connectivity index (χ2v) is 5.68. The molecule has 1 aliphatic heterocycles. The van der Waals surface area contributed by atoms with Crippen LogP contribution in [0.1, 0.15) is 27.1 Å². The number of rotatable bonds is 5. The highest BCUT2D eigenvalue weighted by Gasteiger charge is 2.35. The van der Waals surface area contributed by atoms with Gasteiger partial charge in [-0.3, -0.25) is 19.3 Å². The van der Waals surface area contributed by atoms with Gasteiger partial charge in [0.05, 0.1) is 11.1 Å². The number of carbonyl (C=O) groups is 3. The Morgan fingerprint density at radius 1 is 0.963 bits per heavy atom. The first kappa shape index (κ1) is 18.4. The second-order valence-electron chi connectivity index (χ2n) is 5.68. The quantitative estimate of drug-likeness (QED) is 0.811. The van der Waals surface area contributed by atoms with Gasteiger partial charge in [-0.15, -0.1) is 13.2 Å². The lowest BCUT2D eigenvalue weighted by molar-refractivity contribution is -0.274. The summed E-state index contributed by atoms with van der Waals surface area (Å²) in [5.74, 6) is -1.82. The van der Waals surface area contributed by atoms with Crippen LogP contribution in [0.3, 0.4) is 0 Å². The number of hydrogen-bond acceptors (Lipinski definition) is 4. The molecular formula is C18H13F3N2O4. The molecule has 0 radical (unpaired) electrons. The van der Waals surface area contributed by atoms with E-state index in [0.717, 1.165) is 17.0 Å². The average Bonchev–Trinajstić information content (AvgIpc) is 2.85. The Balaban J connectivity index is 1.55. The Morgan fingerprint density at radius 2 is 1.52 bits per heavy atom. The molecule has 0 bridgehead atoms. The number of ether oxygens (including phenoxy) is 1. The fraction of sp³-hybridized carbons (Fsp3) is 0.167. The fourth-order valence-corrected chi connectivity index (χ4v) is 2.62. The van der Waals surface area contributed by atoms with Crippen molar-refractivity contribution < 1.29 is 32.3 Å². The number of fused-ring (bicyclic) bond motifs is 1. The summed E-state index contributed by atoms with van der Waals surface area (Å²) in [5.41, 5.74) is 0.850. The van der Waals surface area contributed by atoms with Gasteiger partial charge in [-0.1, -0.05) is 12.1 Å².